The van der Waals surface area contributed by atoms with Crippen LogP contribution in [0.15, 0.2) is 42.5 Å². The second-order valence-electron chi connectivity index (χ2n) is 4.82. The molecule has 0 fully saturated rings. The van der Waals surface area contributed by atoms with Crippen LogP contribution in [0.4, 0.5) is 8.78 Å². The van der Waals surface area contributed by atoms with Gasteiger partial charge in [-0.1, -0.05) is 6.07 Å². The van der Waals surface area contributed by atoms with Gasteiger partial charge >= 0.3 is 0 Å². The standard InChI is InChI=1S/C17H9F2NO2/c18-15-7-17(22)16(19)6-14(15)10-3-9-1-2-12(21)5-13(9)11(4-10)8-20/h1-7,21-22H. The van der Waals surface area contributed by atoms with Crippen LogP contribution in [0.1, 0.15) is 5.56 Å². The average molecular weight is 297 g/mol. The van der Waals surface area contributed by atoms with Crippen LogP contribution >= 0.6 is 0 Å². The molecule has 0 atom stereocenters. The summed E-state index contributed by atoms with van der Waals surface area (Å²) in [6.45, 7) is 0. The molecule has 5 heteroatoms. The van der Waals surface area contributed by atoms with E-state index >= 15 is 0 Å². The van der Waals surface area contributed by atoms with E-state index in [1.165, 1.54) is 18.2 Å². The number of fused-ring (bicyclic) bond motifs is 1. The molecule has 0 aromatic heterocycles. The Kier molecular flexibility index (Phi) is 3.15. The highest BCUT2D eigenvalue weighted by Crippen LogP contribution is 2.33. The third-order valence-corrected chi connectivity index (χ3v) is 3.41. The van der Waals surface area contributed by atoms with Gasteiger partial charge in [0.05, 0.1) is 11.6 Å². The van der Waals surface area contributed by atoms with Crippen LogP contribution in [0, 0.1) is 23.0 Å². The topological polar surface area (TPSA) is 64.2 Å². The van der Waals surface area contributed by atoms with Crippen molar-refractivity contribution in [3.05, 3.63) is 59.7 Å². The van der Waals surface area contributed by atoms with Gasteiger partial charge in [-0.2, -0.15) is 5.26 Å². The first kappa shape index (κ1) is 13.8. The highest BCUT2D eigenvalue weighted by Gasteiger charge is 2.13. The van der Waals surface area contributed by atoms with E-state index in [0.29, 0.717) is 22.4 Å². The van der Waals surface area contributed by atoms with E-state index in [4.69, 9.17) is 0 Å². The molecule has 0 aliphatic carbocycles. The molecule has 0 heterocycles. The molecule has 0 saturated heterocycles. The van der Waals surface area contributed by atoms with E-state index in [1.54, 1.807) is 12.1 Å². The second kappa shape index (κ2) is 5.01. The fourth-order valence-electron chi connectivity index (χ4n) is 2.35. The van der Waals surface area contributed by atoms with Gasteiger partial charge in [0.1, 0.15) is 11.6 Å². The molecule has 22 heavy (non-hydrogen) atoms. The Morgan fingerprint density at radius 1 is 0.909 bits per heavy atom. The van der Waals surface area contributed by atoms with E-state index in [1.807, 2.05) is 6.07 Å². The number of rotatable bonds is 1. The molecule has 3 nitrogen and oxygen atoms in total. The smallest absolute Gasteiger partial charge is 0.165 e. The van der Waals surface area contributed by atoms with Gasteiger partial charge in [-0.05, 0) is 41.3 Å². The quantitative estimate of drug-likeness (QED) is 0.711. The molecule has 3 rings (SSSR count). The molecular formula is C17H9F2NO2. The van der Waals surface area contributed by atoms with Gasteiger partial charge in [0, 0.05) is 17.0 Å². The largest absolute Gasteiger partial charge is 0.508 e. The Labute approximate surface area is 124 Å². The number of nitriles is 1. The zero-order valence-corrected chi connectivity index (χ0v) is 11.1. The number of hydrogen-bond donors (Lipinski definition) is 2. The molecule has 3 aromatic rings. The van der Waals surface area contributed by atoms with E-state index in [9.17, 15) is 24.3 Å². The van der Waals surface area contributed by atoms with Gasteiger partial charge in [0.25, 0.3) is 0 Å². The molecule has 0 unspecified atom stereocenters. The zero-order chi connectivity index (χ0) is 15.9. The predicted molar refractivity (Wildman–Crippen MR) is 77.3 cm³/mol. The van der Waals surface area contributed by atoms with Crippen molar-refractivity contribution >= 4 is 10.8 Å². The van der Waals surface area contributed by atoms with Crippen LogP contribution in [0.2, 0.25) is 0 Å². The van der Waals surface area contributed by atoms with Gasteiger partial charge in [0.2, 0.25) is 0 Å². The van der Waals surface area contributed by atoms with Crippen LogP contribution in [-0.4, -0.2) is 10.2 Å². The summed E-state index contributed by atoms with van der Waals surface area (Å²) < 4.78 is 27.4. The van der Waals surface area contributed by atoms with Gasteiger partial charge in [-0.15, -0.1) is 0 Å². The average Bonchev–Trinajstić information content (AvgIpc) is 2.50. The van der Waals surface area contributed by atoms with Crippen molar-refractivity contribution < 1.29 is 19.0 Å². The predicted octanol–water partition coefficient (Wildman–Crippen LogP) is 4.07. The minimum absolute atomic E-state index is 0.0126. The van der Waals surface area contributed by atoms with Crippen LogP contribution < -0.4 is 0 Å². The SMILES string of the molecule is N#Cc1cc(-c2cc(F)c(O)cc2F)cc2ccc(O)cc12. The molecular weight excluding hydrogens is 288 g/mol. The number of aromatic hydroxyl groups is 2. The van der Waals surface area contributed by atoms with Gasteiger partial charge in [0.15, 0.2) is 11.6 Å². The van der Waals surface area contributed by atoms with E-state index < -0.39 is 17.4 Å². The molecule has 2 N–H and O–H groups in total. The normalized spacial score (nSPS) is 10.6. The summed E-state index contributed by atoms with van der Waals surface area (Å²) in [5.74, 6) is -2.49. The first-order valence-corrected chi connectivity index (χ1v) is 6.35. The molecule has 0 aliphatic heterocycles. The number of hydrogen-bond acceptors (Lipinski definition) is 3. The summed E-state index contributed by atoms with van der Waals surface area (Å²) in [5.41, 5.74) is 0.490. The Bertz CT molecular complexity index is 946. The molecule has 0 spiro atoms. The van der Waals surface area contributed by atoms with Crippen LogP contribution in [-0.2, 0) is 0 Å². The first-order valence-electron chi connectivity index (χ1n) is 6.35. The zero-order valence-electron chi connectivity index (χ0n) is 11.1. The summed E-state index contributed by atoms with van der Waals surface area (Å²) in [7, 11) is 0. The summed E-state index contributed by atoms with van der Waals surface area (Å²) in [6.07, 6.45) is 0. The first-order chi connectivity index (χ1) is 10.5. The lowest BCUT2D eigenvalue weighted by molar-refractivity contribution is 0.427. The van der Waals surface area contributed by atoms with Crippen molar-refractivity contribution in [3.8, 4) is 28.7 Å². The molecule has 3 aromatic carbocycles. The van der Waals surface area contributed by atoms with Crippen LogP contribution in [0.3, 0.4) is 0 Å². The van der Waals surface area contributed by atoms with Crippen molar-refractivity contribution in [2.75, 3.05) is 0 Å². The van der Waals surface area contributed by atoms with Crippen LogP contribution in [0.5, 0.6) is 11.5 Å². The van der Waals surface area contributed by atoms with E-state index in [-0.39, 0.29) is 16.9 Å². The van der Waals surface area contributed by atoms with Gasteiger partial charge in [-0.3, -0.25) is 0 Å². The lowest BCUT2D eigenvalue weighted by Crippen LogP contribution is -1.90. The Morgan fingerprint density at radius 3 is 2.41 bits per heavy atom. The maximum Gasteiger partial charge on any atom is 0.165 e. The summed E-state index contributed by atoms with van der Waals surface area (Å²) >= 11 is 0. The minimum Gasteiger partial charge on any atom is -0.508 e. The van der Waals surface area contributed by atoms with Crippen molar-refractivity contribution in [2.45, 2.75) is 0 Å². The highest BCUT2D eigenvalue weighted by atomic mass is 19.1. The number of phenols is 2. The van der Waals surface area contributed by atoms with Crippen molar-refractivity contribution in [1.29, 1.82) is 5.26 Å². The number of nitrogens with zero attached hydrogens (tertiary/aromatic N) is 1. The lowest BCUT2D eigenvalue weighted by Gasteiger charge is -2.09. The third kappa shape index (κ3) is 2.21. The van der Waals surface area contributed by atoms with Crippen molar-refractivity contribution in [3.63, 3.8) is 0 Å². The Balaban J connectivity index is 2.31. The molecule has 0 amide bonds. The van der Waals surface area contributed by atoms with Gasteiger partial charge in [-0.25, -0.2) is 8.78 Å². The molecule has 0 radical (unpaired) electrons. The fourth-order valence-corrected chi connectivity index (χ4v) is 2.35. The maximum atomic E-state index is 14.0. The summed E-state index contributed by atoms with van der Waals surface area (Å²) in [4.78, 5) is 0. The minimum atomic E-state index is -0.944. The van der Waals surface area contributed by atoms with E-state index in [2.05, 4.69) is 0 Å². The second-order valence-corrected chi connectivity index (χ2v) is 4.82. The number of halogens is 2. The maximum absolute atomic E-state index is 14.0. The van der Waals surface area contributed by atoms with Crippen molar-refractivity contribution in [1.82, 2.24) is 0 Å². The Hall–Kier alpha value is -3.13. The molecule has 0 saturated carbocycles. The fraction of sp³-hybridized carbons (Fsp3) is 0. The monoisotopic (exact) mass is 297 g/mol. The van der Waals surface area contributed by atoms with Crippen molar-refractivity contribution in [2.24, 2.45) is 0 Å². The lowest BCUT2D eigenvalue weighted by atomic mass is 9.96. The highest BCUT2D eigenvalue weighted by molar-refractivity contribution is 5.93. The number of phenolic OH excluding ortho intramolecular Hbond substituents is 2. The van der Waals surface area contributed by atoms with E-state index in [0.717, 1.165) is 6.07 Å². The summed E-state index contributed by atoms with van der Waals surface area (Å²) in [5, 5.41) is 29.0. The third-order valence-electron chi connectivity index (χ3n) is 3.41. The molecule has 0 bridgehead atoms. The van der Waals surface area contributed by atoms with Crippen LogP contribution in [0.25, 0.3) is 21.9 Å². The summed E-state index contributed by atoms with van der Waals surface area (Å²) in [6, 6.07) is 11.0. The number of benzene rings is 3. The molecule has 108 valence electrons. The Morgan fingerprint density at radius 2 is 1.68 bits per heavy atom. The van der Waals surface area contributed by atoms with Gasteiger partial charge < -0.3 is 10.2 Å². The molecule has 0 aliphatic rings.